The molecule has 1 fully saturated rings. The smallest absolute Gasteiger partial charge is 0.223 e. The van der Waals surface area contributed by atoms with Gasteiger partial charge in [0.1, 0.15) is 0 Å². The van der Waals surface area contributed by atoms with Gasteiger partial charge in [0.2, 0.25) is 5.91 Å². The molecule has 2 aromatic rings. The fraction of sp³-hybridized carbons (Fsp3) is 0.368. The molecule has 3 rings (SSSR count). The quantitative estimate of drug-likeness (QED) is 0.943. The lowest BCUT2D eigenvalue weighted by Gasteiger charge is -2.33. The summed E-state index contributed by atoms with van der Waals surface area (Å²) in [6.45, 7) is 3.88. The van der Waals surface area contributed by atoms with E-state index in [1.807, 2.05) is 49.6 Å². The van der Waals surface area contributed by atoms with Crippen LogP contribution >= 0.6 is 0 Å². The SMILES string of the molecule is CC(NC(=O)C1CCN(c2ccncc2)CC1)c1ccccc1. The van der Waals surface area contributed by atoms with Gasteiger partial charge in [0.25, 0.3) is 0 Å². The molecule has 0 bridgehead atoms. The molecule has 1 aromatic carbocycles. The molecule has 0 saturated carbocycles. The molecule has 1 atom stereocenters. The molecule has 1 aliphatic heterocycles. The summed E-state index contributed by atoms with van der Waals surface area (Å²) in [7, 11) is 0. The average molecular weight is 309 g/mol. The second-order valence-electron chi connectivity index (χ2n) is 6.11. The van der Waals surface area contributed by atoms with E-state index in [2.05, 4.69) is 27.3 Å². The molecule has 1 N–H and O–H groups in total. The van der Waals surface area contributed by atoms with Crippen LogP contribution in [0.3, 0.4) is 0 Å². The summed E-state index contributed by atoms with van der Waals surface area (Å²) in [6, 6.07) is 14.2. The van der Waals surface area contributed by atoms with Gasteiger partial charge in [0, 0.05) is 37.1 Å². The van der Waals surface area contributed by atoms with E-state index < -0.39 is 0 Å². The van der Waals surface area contributed by atoms with Crippen LogP contribution in [-0.4, -0.2) is 24.0 Å². The van der Waals surface area contributed by atoms with E-state index in [4.69, 9.17) is 0 Å². The van der Waals surface area contributed by atoms with Crippen molar-refractivity contribution in [3.05, 3.63) is 60.4 Å². The lowest BCUT2D eigenvalue weighted by molar-refractivity contribution is -0.126. The zero-order valence-electron chi connectivity index (χ0n) is 13.5. The van der Waals surface area contributed by atoms with Crippen molar-refractivity contribution in [3.63, 3.8) is 0 Å². The minimum atomic E-state index is 0.0573. The Labute approximate surface area is 137 Å². The highest BCUT2D eigenvalue weighted by molar-refractivity contribution is 5.79. The summed E-state index contributed by atoms with van der Waals surface area (Å²) in [6.07, 6.45) is 5.43. The Morgan fingerprint density at radius 2 is 1.78 bits per heavy atom. The molecule has 1 amide bonds. The molecule has 0 radical (unpaired) electrons. The minimum Gasteiger partial charge on any atom is -0.371 e. The summed E-state index contributed by atoms with van der Waals surface area (Å²) in [4.78, 5) is 18.9. The second kappa shape index (κ2) is 7.27. The second-order valence-corrected chi connectivity index (χ2v) is 6.11. The maximum Gasteiger partial charge on any atom is 0.223 e. The highest BCUT2D eigenvalue weighted by Gasteiger charge is 2.26. The van der Waals surface area contributed by atoms with Gasteiger partial charge in [-0.3, -0.25) is 9.78 Å². The van der Waals surface area contributed by atoms with Crippen molar-refractivity contribution in [1.29, 1.82) is 0 Å². The summed E-state index contributed by atoms with van der Waals surface area (Å²) in [5, 5.41) is 3.15. The zero-order valence-corrected chi connectivity index (χ0v) is 13.5. The number of carbonyl (C=O) groups is 1. The van der Waals surface area contributed by atoms with Gasteiger partial charge >= 0.3 is 0 Å². The number of pyridine rings is 1. The minimum absolute atomic E-state index is 0.0573. The summed E-state index contributed by atoms with van der Waals surface area (Å²) >= 11 is 0. The van der Waals surface area contributed by atoms with Crippen LogP contribution in [0, 0.1) is 5.92 Å². The topological polar surface area (TPSA) is 45.2 Å². The van der Waals surface area contributed by atoms with Gasteiger partial charge in [0.05, 0.1) is 6.04 Å². The molecule has 2 heterocycles. The fourth-order valence-electron chi connectivity index (χ4n) is 3.11. The summed E-state index contributed by atoms with van der Waals surface area (Å²) < 4.78 is 0. The van der Waals surface area contributed by atoms with E-state index >= 15 is 0 Å². The highest BCUT2D eigenvalue weighted by atomic mass is 16.1. The van der Waals surface area contributed by atoms with Crippen molar-refractivity contribution < 1.29 is 4.79 Å². The Balaban J connectivity index is 1.52. The number of hydrogen-bond acceptors (Lipinski definition) is 3. The zero-order chi connectivity index (χ0) is 16.1. The molecule has 1 aliphatic rings. The fourth-order valence-corrected chi connectivity index (χ4v) is 3.11. The van der Waals surface area contributed by atoms with Crippen LogP contribution in [0.4, 0.5) is 5.69 Å². The monoisotopic (exact) mass is 309 g/mol. The summed E-state index contributed by atoms with van der Waals surface area (Å²) in [5.41, 5.74) is 2.34. The highest BCUT2D eigenvalue weighted by Crippen LogP contribution is 2.23. The first-order valence-corrected chi connectivity index (χ1v) is 8.24. The van der Waals surface area contributed by atoms with Crippen LogP contribution in [0.15, 0.2) is 54.9 Å². The number of hydrogen-bond donors (Lipinski definition) is 1. The molecule has 4 nitrogen and oxygen atoms in total. The first kappa shape index (κ1) is 15.5. The van der Waals surface area contributed by atoms with Crippen LogP contribution in [-0.2, 0) is 4.79 Å². The maximum absolute atomic E-state index is 12.5. The van der Waals surface area contributed by atoms with Gasteiger partial charge in [-0.1, -0.05) is 30.3 Å². The number of rotatable bonds is 4. The van der Waals surface area contributed by atoms with Crippen LogP contribution in [0.5, 0.6) is 0 Å². The lowest BCUT2D eigenvalue weighted by atomic mass is 9.95. The standard InChI is InChI=1S/C19H23N3O/c1-15(16-5-3-2-4-6-16)21-19(23)17-9-13-22(14-10-17)18-7-11-20-12-8-18/h2-8,11-12,15,17H,9-10,13-14H2,1H3,(H,21,23). The molecule has 23 heavy (non-hydrogen) atoms. The van der Waals surface area contributed by atoms with Gasteiger partial charge in [-0.15, -0.1) is 0 Å². The van der Waals surface area contributed by atoms with Gasteiger partial charge in [0.15, 0.2) is 0 Å². The molecule has 0 aliphatic carbocycles. The van der Waals surface area contributed by atoms with Crippen LogP contribution in [0.2, 0.25) is 0 Å². The first-order chi connectivity index (χ1) is 11.2. The summed E-state index contributed by atoms with van der Waals surface area (Å²) in [5.74, 6) is 0.287. The van der Waals surface area contributed by atoms with Crippen LogP contribution in [0.25, 0.3) is 0 Å². The van der Waals surface area contributed by atoms with Crippen LogP contribution in [0.1, 0.15) is 31.4 Å². The predicted octanol–water partition coefficient (Wildman–Crippen LogP) is 3.18. The van der Waals surface area contributed by atoms with Crippen molar-refractivity contribution >= 4 is 11.6 Å². The Bertz CT molecular complexity index is 622. The third-order valence-electron chi connectivity index (χ3n) is 4.55. The molecule has 1 aromatic heterocycles. The van der Waals surface area contributed by atoms with E-state index in [1.165, 1.54) is 5.69 Å². The van der Waals surface area contributed by atoms with Crippen molar-refractivity contribution in [2.24, 2.45) is 5.92 Å². The Morgan fingerprint density at radius 3 is 2.43 bits per heavy atom. The molecular weight excluding hydrogens is 286 g/mol. The first-order valence-electron chi connectivity index (χ1n) is 8.24. The van der Waals surface area contributed by atoms with E-state index in [0.29, 0.717) is 0 Å². The Hall–Kier alpha value is -2.36. The predicted molar refractivity (Wildman–Crippen MR) is 92.2 cm³/mol. The maximum atomic E-state index is 12.5. The third-order valence-corrected chi connectivity index (χ3v) is 4.55. The van der Waals surface area contributed by atoms with E-state index in [1.54, 1.807) is 0 Å². The largest absolute Gasteiger partial charge is 0.371 e. The van der Waals surface area contributed by atoms with Gasteiger partial charge in [-0.25, -0.2) is 0 Å². The number of benzene rings is 1. The van der Waals surface area contributed by atoms with Gasteiger partial charge < -0.3 is 10.2 Å². The normalized spacial score (nSPS) is 16.8. The molecule has 0 spiro atoms. The number of piperidine rings is 1. The molecule has 4 heteroatoms. The van der Waals surface area contributed by atoms with Crippen molar-refractivity contribution in [3.8, 4) is 0 Å². The van der Waals surface area contributed by atoms with Gasteiger partial charge in [-0.05, 0) is 37.5 Å². The number of amides is 1. The van der Waals surface area contributed by atoms with Gasteiger partial charge in [-0.2, -0.15) is 0 Å². The Morgan fingerprint density at radius 1 is 1.13 bits per heavy atom. The van der Waals surface area contributed by atoms with E-state index in [9.17, 15) is 4.79 Å². The molecular formula is C19H23N3O. The number of nitrogens with one attached hydrogen (secondary N) is 1. The van der Waals surface area contributed by atoms with Crippen molar-refractivity contribution in [2.75, 3.05) is 18.0 Å². The molecule has 1 unspecified atom stereocenters. The van der Waals surface area contributed by atoms with E-state index in [0.717, 1.165) is 31.5 Å². The average Bonchev–Trinajstić information content (AvgIpc) is 2.63. The van der Waals surface area contributed by atoms with Crippen molar-refractivity contribution in [2.45, 2.75) is 25.8 Å². The lowest BCUT2D eigenvalue weighted by Crippen LogP contribution is -2.41. The molecule has 1 saturated heterocycles. The molecule has 120 valence electrons. The third kappa shape index (κ3) is 3.89. The number of aromatic nitrogens is 1. The van der Waals surface area contributed by atoms with Crippen molar-refractivity contribution in [1.82, 2.24) is 10.3 Å². The Kier molecular flexibility index (Phi) is 4.91. The number of carbonyl (C=O) groups excluding carboxylic acids is 1. The number of anilines is 1. The number of nitrogens with zero attached hydrogens (tertiary/aromatic N) is 2. The van der Waals surface area contributed by atoms with E-state index in [-0.39, 0.29) is 17.9 Å². The van der Waals surface area contributed by atoms with Crippen LogP contribution < -0.4 is 10.2 Å².